The summed E-state index contributed by atoms with van der Waals surface area (Å²) in [6.45, 7) is -0.232. The van der Waals surface area contributed by atoms with E-state index < -0.39 is 24.3 Å². The number of carboxylic acids is 1. The molecule has 0 aromatic heterocycles. The molecule has 0 fully saturated rings. The van der Waals surface area contributed by atoms with Gasteiger partial charge in [0.25, 0.3) is 0 Å². The molecule has 2 unspecified atom stereocenters. The topological polar surface area (TPSA) is 142 Å². The molecule has 0 aliphatic heterocycles. The highest BCUT2D eigenvalue weighted by molar-refractivity contribution is 5.94. The van der Waals surface area contributed by atoms with Gasteiger partial charge in [-0.15, -0.1) is 0 Å². The molecule has 2 rings (SSSR count). The SMILES string of the molecule is Nc1c(C(=O)O)cccc1C(O)C(O)CNC(=O)OCc1ccccc1. The van der Waals surface area contributed by atoms with E-state index in [0.717, 1.165) is 5.56 Å². The minimum atomic E-state index is -1.47. The van der Waals surface area contributed by atoms with Gasteiger partial charge in [0.05, 0.1) is 11.3 Å². The van der Waals surface area contributed by atoms with Crippen molar-refractivity contribution in [1.29, 1.82) is 0 Å². The Balaban J connectivity index is 1.89. The first kappa shape index (κ1) is 19.2. The fourth-order valence-electron chi connectivity index (χ4n) is 2.31. The van der Waals surface area contributed by atoms with Crippen LogP contribution >= 0.6 is 0 Å². The number of benzene rings is 2. The van der Waals surface area contributed by atoms with E-state index in [4.69, 9.17) is 15.6 Å². The van der Waals surface area contributed by atoms with E-state index >= 15 is 0 Å². The largest absolute Gasteiger partial charge is 0.478 e. The molecule has 0 aliphatic carbocycles. The van der Waals surface area contributed by atoms with E-state index in [9.17, 15) is 19.8 Å². The van der Waals surface area contributed by atoms with Crippen molar-refractivity contribution in [2.45, 2.75) is 18.8 Å². The summed E-state index contributed by atoms with van der Waals surface area (Å²) in [5, 5.41) is 31.6. The van der Waals surface area contributed by atoms with Crippen molar-refractivity contribution < 1.29 is 29.6 Å². The summed E-state index contributed by atoms with van der Waals surface area (Å²) in [5.41, 5.74) is 6.28. The lowest BCUT2D eigenvalue weighted by atomic mass is 9.99. The fraction of sp³-hybridized carbons (Fsp3) is 0.222. The predicted octanol–water partition coefficient (Wildman–Crippen LogP) is 1.29. The molecule has 26 heavy (non-hydrogen) atoms. The minimum Gasteiger partial charge on any atom is -0.478 e. The minimum absolute atomic E-state index is 0.0665. The van der Waals surface area contributed by atoms with Crippen molar-refractivity contribution in [2.75, 3.05) is 12.3 Å². The van der Waals surface area contributed by atoms with Gasteiger partial charge in [0.1, 0.15) is 18.8 Å². The number of ether oxygens (including phenoxy) is 1. The van der Waals surface area contributed by atoms with E-state index in [2.05, 4.69) is 5.32 Å². The summed E-state index contributed by atoms with van der Waals surface area (Å²) >= 11 is 0. The van der Waals surface area contributed by atoms with Crippen LogP contribution in [0.3, 0.4) is 0 Å². The Morgan fingerprint density at radius 3 is 2.42 bits per heavy atom. The monoisotopic (exact) mass is 360 g/mol. The number of nitrogen functional groups attached to an aromatic ring is 1. The molecule has 0 aliphatic rings. The van der Waals surface area contributed by atoms with Gasteiger partial charge in [-0.05, 0) is 11.6 Å². The summed E-state index contributed by atoms with van der Waals surface area (Å²) in [6, 6.07) is 13.2. The number of aliphatic hydroxyl groups is 2. The molecule has 1 amide bonds. The van der Waals surface area contributed by atoms with Gasteiger partial charge in [-0.3, -0.25) is 0 Å². The molecule has 2 aromatic carbocycles. The summed E-state index contributed by atoms with van der Waals surface area (Å²) in [4.78, 5) is 22.7. The van der Waals surface area contributed by atoms with Crippen molar-refractivity contribution in [3.05, 3.63) is 65.2 Å². The summed E-state index contributed by atoms with van der Waals surface area (Å²) in [7, 11) is 0. The first-order valence-corrected chi connectivity index (χ1v) is 7.82. The number of amides is 1. The molecule has 2 aromatic rings. The number of hydrogen-bond acceptors (Lipinski definition) is 6. The van der Waals surface area contributed by atoms with E-state index in [1.54, 1.807) is 12.1 Å². The number of aliphatic hydroxyl groups excluding tert-OH is 2. The van der Waals surface area contributed by atoms with Crippen LogP contribution in [-0.2, 0) is 11.3 Å². The molecular weight excluding hydrogens is 340 g/mol. The van der Waals surface area contributed by atoms with Gasteiger partial charge in [-0.2, -0.15) is 0 Å². The van der Waals surface area contributed by atoms with E-state index in [0.29, 0.717) is 0 Å². The zero-order valence-electron chi connectivity index (χ0n) is 13.8. The Hall–Kier alpha value is -3.10. The van der Waals surface area contributed by atoms with Crippen LogP contribution in [0.4, 0.5) is 10.5 Å². The van der Waals surface area contributed by atoms with Crippen molar-refractivity contribution in [3.63, 3.8) is 0 Å². The molecule has 0 saturated carbocycles. The van der Waals surface area contributed by atoms with E-state index in [-0.39, 0.29) is 30.0 Å². The number of nitrogens with one attached hydrogen (secondary N) is 1. The van der Waals surface area contributed by atoms with Gasteiger partial charge in [0.2, 0.25) is 0 Å². The molecule has 6 N–H and O–H groups in total. The summed E-state index contributed by atoms with van der Waals surface area (Å²) in [6.07, 6.45) is -3.62. The van der Waals surface area contributed by atoms with Crippen molar-refractivity contribution in [2.24, 2.45) is 0 Å². The first-order valence-electron chi connectivity index (χ1n) is 7.82. The van der Waals surface area contributed by atoms with Crippen molar-refractivity contribution in [3.8, 4) is 0 Å². The highest BCUT2D eigenvalue weighted by Gasteiger charge is 2.23. The number of aromatic carboxylic acids is 1. The van der Waals surface area contributed by atoms with Crippen LogP contribution in [-0.4, -0.2) is 40.0 Å². The predicted molar refractivity (Wildman–Crippen MR) is 93.4 cm³/mol. The Morgan fingerprint density at radius 2 is 1.77 bits per heavy atom. The molecule has 8 nitrogen and oxygen atoms in total. The van der Waals surface area contributed by atoms with Crippen LogP contribution in [0, 0.1) is 0 Å². The summed E-state index contributed by atoms with van der Waals surface area (Å²) < 4.78 is 4.99. The second-order valence-electron chi connectivity index (χ2n) is 5.57. The zero-order valence-corrected chi connectivity index (χ0v) is 13.8. The number of carbonyl (C=O) groups excluding carboxylic acids is 1. The Bertz CT molecular complexity index is 766. The molecule has 0 bridgehead atoms. The maximum absolute atomic E-state index is 11.7. The quantitative estimate of drug-likeness (QED) is 0.468. The van der Waals surface area contributed by atoms with E-state index in [1.807, 2.05) is 18.2 Å². The highest BCUT2D eigenvalue weighted by Crippen LogP contribution is 2.26. The maximum atomic E-state index is 11.7. The highest BCUT2D eigenvalue weighted by atomic mass is 16.5. The number of nitrogens with two attached hydrogens (primary N) is 1. The number of anilines is 1. The maximum Gasteiger partial charge on any atom is 0.407 e. The molecule has 138 valence electrons. The average molecular weight is 360 g/mol. The number of carbonyl (C=O) groups is 2. The van der Waals surface area contributed by atoms with Gasteiger partial charge < -0.3 is 31.1 Å². The van der Waals surface area contributed by atoms with Crippen LogP contribution in [0.15, 0.2) is 48.5 Å². The van der Waals surface area contributed by atoms with Crippen LogP contribution in [0.5, 0.6) is 0 Å². The van der Waals surface area contributed by atoms with Crippen LogP contribution in [0.1, 0.15) is 27.6 Å². The number of alkyl carbamates (subject to hydrolysis) is 1. The first-order chi connectivity index (χ1) is 12.4. The third-order valence-electron chi connectivity index (χ3n) is 3.72. The number of carboxylic acid groups (broad SMARTS) is 1. The van der Waals surface area contributed by atoms with Crippen molar-refractivity contribution in [1.82, 2.24) is 5.32 Å². The number of para-hydroxylation sites is 1. The van der Waals surface area contributed by atoms with E-state index in [1.165, 1.54) is 18.2 Å². The fourth-order valence-corrected chi connectivity index (χ4v) is 2.31. The molecule has 0 saturated heterocycles. The smallest absolute Gasteiger partial charge is 0.407 e. The second-order valence-corrected chi connectivity index (χ2v) is 5.57. The Labute approximate surface area is 149 Å². The molecule has 2 atom stereocenters. The van der Waals surface area contributed by atoms with Gasteiger partial charge in [0.15, 0.2) is 0 Å². The zero-order chi connectivity index (χ0) is 19.1. The van der Waals surface area contributed by atoms with Gasteiger partial charge in [-0.1, -0.05) is 42.5 Å². The van der Waals surface area contributed by atoms with Crippen molar-refractivity contribution >= 4 is 17.7 Å². The molecule has 0 heterocycles. The van der Waals surface area contributed by atoms with Crippen LogP contribution < -0.4 is 11.1 Å². The number of rotatable bonds is 7. The van der Waals surface area contributed by atoms with Gasteiger partial charge in [0, 0.05) is 12.1 Å². The average Bonchev–Trinajstić information content (AvgIpc) is 2.64. The van der Waals surface area contributed by atoms with Gasteiger partial charge in [-0.25, -0.2) is 9.59 Å². The molecule has 0 spiro atoms. The lowest BCUT2D eigenvalue weighted by Crippen LogP contribution is -2.36. The Kier molecular flexibility index (Phi) is 6.54. The molecule has 0 radical (unpaired) electrons. The summed E-state index contributed by atoms with van der Waals surface area (Å²) in [5.74, 6) is -1.24. The number of hydrogen-bond donors (Lipinski definition) is 5. The van der Waals surface area contributed by atoms with Crippen LogP contribution in [0.2, 0.25) is 0 Å². The molecular formula is C18H20N2O6. The third-order valence-corrected chi connectivity index (χ3v) is 3.72. The lowest BCUT2D eigenvalue weighted by Gasteiger charge is -2.20. The normalized spacial score (nSPS) is 12.8. The molecule has 8 heteroatoms. The third kappa shape index (κ3) is 4.95. The standard InChI is InChI=1S/C18H20N2O6/c19-15-12(7-4-8-13(15)17(23)24)16(22)14(21)9-20-18(25)26-10-11-5-2-1-3-6-11/h1-8,14,16,21-22H,9-10,19H2,(H,20,25)(H,23,24). The van der Waals surface area contributed by atoms with Crippen LogP contribution in [0.25, 0.3) is 0 Å². The lowest BCUT2D eigenvalue weighted by molar-refractivity contribution is 0.0188. The second kappa shape index (κ2) is 8.84. The van der Waals surface area contributed by atoms with Gasteiger partial charge >= 0.3 is 12.1 Å². The Morgan fingerprint density at radius 1 is 1.08 bits per heavy atom.